The molecular weight excluding hydrogens is 410 g/mol. The van der Waals surface area contributed by atoms with Crippen LogP contribution in [-0.4, -0.2) is 20.8 Å². The van der Waals surface area contributed by atoms with E-state index >= 15 is 0 Å². The number of fused-ring (bicyclic) bond motifs is 1. The predicted octanol–water partition coefficient (Wildman–Crippen LogP) is 4.12. The summed E-state index contributed by atoms with van der Waals surface area (Å²) in [5.74, 6) is 1.52. The Labute approximate surface area is 166 Å². The van der Waals surface area contributed by atoms with Crippen LogP contribution in [0.3, 0.4) is 0 Å². The second-order valence-electron chi connectivity index (χ2n) is 5.95. The van der Waals surface area contributed by atoms with E-state index in [-0.39, 0.29) is 11.8 Å². The second-order valence-corrected chi connectivity index (χ2v) is 6.80. The fraction of sp³-hybridized carbons (Fsp3) is 0.250. The first-order valence-electron chi connectivity index (χ1n) is 8.40. The van der Waals surface area contributed by atoms with Gasteiger partial charge in [-0.05, 0) is 46.6 Å². The maximum absolute atomic E-state index is 9.71. The summed E-state index contributed by atoms with van der Waals surface area (Å²) in [5.41, 5.74) is 9.06. The number of rotatable bonds is 5. The highest BCUT2D eigenvalue weighted by atomic mass is 79.9. The largest absolute Gasteiger partial charge is 0.493 e. The van der Waals surface area contributed by atoms with E-state index in [9.17, 15) is 5.26 Å². The predicted molar refractivity (Wildman–Crippen MR) is 107 cm³/mol. The van der Waals surface area contributed by atoms with Crippen molar-refractivity contribution in [2.75, 3.05) is 26.1 Å². The molecule has 0 saturated heterocycles. The zero-order valence-electron chi connectivity index (χ0n) is 15.3. The number of nitrogens with zero attached hydrogens (tertiary/aromatic N) is 1. The van der Waals surface area contributed by atoms with Crippen molar-refractivity contribution in [1.82, 2.24) is 0 Å². The van der Waals surface area contributed by atoms with Crippen LogP contribution in [0.25, 0.3) is 0 Å². The molecule has 0 amide bonds. The van der Waals surface area contributed by atoms with Crippen LogP contribution in [0.5, 0.6) is 17.2 Å². The molecule has 2 aromatic rings. The standard InChI is InChI=1S/C20H20BrN3O3/c1-4-24-12-5-6-13-16(9-12)27-20(23)14(10-22)18(13)11-7-15(21)19(26-3)17(8-11)25-2/h5-9,18,24H,4,23H2,1-3H3. The number of benzene rings is 2. The van der Waals surface area contributed by atoms with E-state index in [1.54, 1.807) is 14.2 Å². The van der Waals surface area contributed by atoms with E-state index in [0.717, 1.165) is 27.8 Å². The minimum absolute atomic E-state index is 0.106. The number of nitrogens with two attached hydrogens (primary N) is 1. The lowest BCUT2D eigenvalue weighted by molar-refractivity contribution is 0.352. The lowest BCUT2D eigenvalue weighted by Crippen LogP contribution is -2.21. The number of ether oxygens (including phenoxy) is 3. The van der Waals surface area contributed by atoms with Crippen LogP contribution >= 0.6 is 15.9 Å². The molecule has 1 heterocycles. The van der Waals surface area contributed by atoms with Gasteiger partial charge in [0.15, 0.2) is 11.5 Å². The third kappa shape index (κ3) is 3.40. The Morgan fingerprint density at radius 1 is 1.26 bits per heavy atom. The number of hydrogen-bond acceptors (Lipinski definition) is 6. The first-order chi connectivity index (χ1) is 13.0. The highest BCUT2D eigenvalue weighted by Gasteiger charge is 2.32. The van der Waals surface area contributed by atoms with Crippen molar-refractivity contribution in [3.63, 3.8) is 0 Å². The van der Waals surface area contributed by atoms with Crippen molar-refractivity contribution >= 4 is 21.6 Å². The first kappa shape index (κ1) is 18.9. The number of nitriles is 1. The summed E-state index contributed by atoms with van der Waals surface area (Å²) >= 11 is 3.52. The molecule has 1 atom stereocenters. The zero-order valence-corrected chi connectivity index (χ0v) is 16.9. The summed E-state index contributed by atoms with van der Waals surface area (Å²) in [6.45, 7) is 2.81. The highest BCUT2D eigenvalue weighted by molar-refractivity contribution is 9.10. The maximum Gasteiger partial charge on any atom is 0.205 e. The Hall–Kier alpha value is -2.85. The summed E-state index contributed by atoms with van der Waals surface area (Å²) in [6.07, 6.45) is 0. The number of halogens is 1. The molecule has 1 unspecified atom stereocenters. The molecule has 140 valence electrons. The van der Waals surface area contributed by atoms with Gasteiger partial charge in [-0.2, -0.15) is 5.26 Å². The minimum atomic E-state index is -0.370. The summed E-state index contributed by atoms with van der Waals surface area (Å²) in [6, 6.07) is 11.8. The molecule has 0 bridgehead atoms. The summed E-state index contributed by atoms with van der Waals surface area (Å²) < 4.78 is 17.3. The first-order valence-corrected chi connectivity index (χ1v) is 9.20. The van der Waals surface area contributed by atoms with Crippen molar-refractivity contribution in [3.8, 4) is 23.3 Å². The summed E-state index contributed by atoms with van der Waals surface area (Å²) in [4.78, 5) is 0. The average Bonchev–Trinajstić information content (AvgIpc) is 2.66. The van der Waals surface area contributed by atoms with Crippen LogP contribution in [0, 0.1) is 11.3 Å². The molecule has 1 aliphatic rings. The lowest BCUT2D eigenvalue weighted by Gasteiger charge is -2.27. The molecule has 3 rings (SSSR count). The molecule has 2 aromatic carbocycles. The molecule has 27 heavy (non-hydrogen) atoms. The third-order valence-electron chi connectivity index (χ3n) is 4.39. The SMILES string of the molecule is CCNc1ccc2c(c1)OC(N)=C(C#N)C2c1cc(Br)c(OC)c(OC)c1. The van der Waals surface area contributed by atoms with Gasteiger partial charge in [-0.25, -0.2) is 0 Å². The average molecular weight is 430 g/mol. The van der Waals surface area contributed by atoms with Gasteiger partial charge in [-0.15, -0.1) is 0 Å². The quantitative estimate of drug-likeness (QED) is 0.742. The van der Waals surface area contributed by atoms with Gasteiger partial charge < -0.3 is 25.3 Å². The van der Waals surface area contributed by atoms with Gasteiger partial charge in [0.05, 0.1) is 24.6 Å². The molecule has 6 nitrogen and oxygen atoms in total. The topological polar surface area (TPSA) is 89.5 Å². The van der Waals surface area contributed by atoms with Gasteiger partial charge in [-0.3, -0.25) is 0 Å². The number of methoxy groups -OCH3 is 2. The van der Waals surface area contributed by atoms with Crippen molar-refractivity contribution in [2.24, 2.45) is 5.73 Å². The minimum Gasteiger partial charge on any atom is -0.493 e. The molecule has 0 radical (unpaired) electrons. The summed E-state index contributed by atoms with van der Waals surface area (Å²) in [5, 5.41) is 13.0. The molecule has 3 N–H and O–H groups in total. The van der Waals surface area contributed by atoms with E-state index in [1.807, 2.05) is 37.3 Å². The van der Waals surface area contributed by atoms with Crippen LogP contribution in [-0.2, 0) is 0 Å². The number of nitrogens with one attached hydrogen (secondary N) is 1. The number of anilines is 1. The molecule has 1 aliphatic heterocycles. The normalized spacial score (nSPS) is 15.4. The van der Waals surface area contributed by atoms with Crippen LogP contribution < -0.4 is 25.3 Å². The van der Waals surface area contributed by atoms with Gasteiger partial charge in [0.25, 0.3) is 0 Å². The second kappa shape index (κ2) is 7.80. The van der Waals surface area contributed by atoms with Gasteiger partial charge in [0, 0.05) is 23.9 Å². The fourth-order valence-electron chi connectivity index (χ4n) is 3.22. The fourth-order valence-corrected chi connectivity index (χ4v) is 3.84. The van der Waals surface area contributed by atoms with Crippen molar-refractivity contribution in [1.29, 1.82) is 5.26 Å². The Bertz CT molecular complexity index is 950. The van der Waals surface area contributed by atoms with Crippen molar-refractivity contribution < 1.29 is 14.2 Å². The van der Waals surface area contributed by atoms with Crippen LogP contribution in [0.1, 0.15) is 24.0 Å². The van der Waals surface area contributed by atoms with Crippen molar-refractivity contribution in [3.05, 3.63) is 57.4 Å². The molecule has 0 saturated carbocycles. The van der Waals surface area contributed by atoms with Crippen LogP contribution in [0.15, 0.2) is 46.3 Å². The van der Waals surface area contributed by atoms with Gasteiger partial charge in [-0.1, -0.05) is 6.07 Å². The maximum atomic E-state index is 9.71. The number of allylic oxidation sites excluding steroid dienone is 1. The molecule has 0 spiro atoms. The van der Waals surface area contributed by atoms with E-state index in [1.165, 1.54) is 0 Å². The van der Waals surface area contributed by atoms with Gasteiger partial charge >= 0.3 is 0 Å². The molecule has 7 heteroatoms. The zero-order chi connectivity index (χ0) is 19.6. The van der Waals surface area contributed by atoms with Crippen LogP contribution in [0.2, 0.25) is 0 Å². The molecular formula is C20H20BrN3O3. The van der Waals surface area contributed by atoms with E-state index in [0.29, 0.717) is 22.8 Å². The van der Waals surface area contributed by atoms with E-state index in [2.05, 4.69) is 27.3 Å². The monoisotopic (exact) mass is 429 g/mol. The van der Waals surface area contributed by atoms with Crippen LogP contribution in [0.4, 0.5) is 5.69 Å². The van der Waals surface area contributed by atoms with E-state index in [4.69, 9.17) is 19.9 Å². The van der Waals surface area contributed by atoms with Crippen molar-refractivity contribution in [2.45, 2.75) is 12.8 Å². The molecule has 0 fully saturated rings. The van der Waals surface area contributed by atoms with Gasteiger partial charge in [0.1, 0.15) is 17.4 Å². The Morgan fingerprint density at radius 3 is 2.67 bits per heavy atom. The van der Waals surface area contributed by atoms with E-state index < -0.39 is 0 Å². The Balaban J connectivity index is 2.20. The Kier molecular flexibility index (Phi) is 5.47. The highest BCUT2D eigenvalue weighted by Crippen LogP contribution is 2.46. The van der Waals surface area contributed by atoms with Gasteiger partial charge in [0.2, 0.25) is 5.88 Å². The molecule has 0 aromatic heterocycles. The Morgan fingerprint density at radius 2 is 2.04 bits per heavy atom. The molecule has 0 aliphatic carbocycles. The third-order valence-corrected chi connectivity index (χ3v) is 4.98. The summed E-state index contributed by atoms with van der Waals surface area (Å²) in [7, 11) is 3.15. The smallest absolute Gasteiger partial charge is 0.205 e. The lowest BCUT2D eigenvalue weighted by atomic mass is 9.83. The number of hydrogen-bond donors (Lipinski definition) is 2.